The van der Waals surface area contributed by atoms with Crippen LogP contribution in [-0.2, 0) is 11.3 Å². The van der Waals surface area contributed by atoms with Crippen molar-refractivity contribution in [2.24, 2.45) is 0 Å². The van der Waals surface area contributed by atoms with Crippen LogP contribution in [0.4, 0.5) is 0 Å². The van der Waals surface area contributed by atoms with E-state index >= 15 is 0 Å². The topological polar surface area (TPSA) is 88.8 Å². The van der Waals surface area contributed by atoms with E-state index in [1.54, 1.807) is 43.6 Å². The van der Waals surface area contributed by atoms with Crippen molar-refractivity contribution < 1.29 is 14.5 Å². The molecule has 8 nitrogen and oxygen atoms in total. The monoisotopic (exact) mass is 414 g/mol. The number of hydrogen-bond donors (Lipinski definition) is 0. The zero-order valence-corrected chi connectivity index (χ0v) is 16.5. The molecule has 9 heteroatoms. The smallest absolute Gasteiger partial charge is 0.294 e. The van der Waals surface area contributed by atoms with Crippen molar-refractivity contribution in [1.29, 1.82) is 0 Å². The second kappa shape index (κ2) is 7.71. The van der Waals surface area contributed by atoms with Gasteiger partial charge in [-0.2, -0.15) is 0 Å². The Morgan fingerprint density at radius 1 is 1.24 bits per heavy atom. The number of carbonyl (C=O) groups is 1. The second-order valence-electron chi connectivity index (χ2n) is 6.95. The van der Waals surface area contributed by atoms with E-state index in [9.17, 15) is 14.9 Å². The van der Waals surface area contributed by atoms with Gasteiger partial charge in [0.25, 0.3) is 5.70 Å². The molecule has 2 aromatic rings. The number of hydrogen-bond acceptors (Lipinski definition) is 6. The molecule has 0 aliphatic carbocycles. The zero-order valence-electron chi connectivity index (χ0n) is 15.7. The minimum atomic E-state index is -0.612. The number of fused-ring (bicyclic) bond motifs is 1. The van der Waals surface area contributed by atoms with Crippen molar-refractivity contribution in [3.63, 3.8) is 0 Å². The van der Waals surface area contributed by atoms with Crippen LogP contribution in [0.3, 0.4) is 0 Å². The lowest BCUT2D eigenvalue weighted by molar-refractivity contribution is -0.434. The molecule has 0 radical (unpaired) electrons. The number of pyridine rings is 1. The molecule has 1 atom stereocenters. The van der Waals surface area contributed by atoms with E-state index in [4.69, 9.17) is 16.3 Å². The SMILES string of the molecule is COc1ccc(C2CC(=O)N3CCN(Cc4ccc(Cl)nc4)C3=C2[N+](=O)[O-])cc1. The Bertz CT molecular complexity index is 975. The van der Waals surface area contributed by atoms with Gasteiger partial charge in [0, 0.05) is 32.3 Å². The molecule has 0 saturated carbocycles. The molecule has 3 heterocycles. The zero-order chi connectivity index (χ0) is 20.5. The van der Waals surface area contributed by atoms with Crippen molar-refractivity contribution in [3.05, 3.63) is 80.5 Å². The number of carbonyl (C=O) groups excluding carboxylic acids is 1. The molecule has 0 N–H and O–H groups in total. The minimum absolute atomic E-state index is 0.0502. The molecule has 29 heavy (non-hydrogen) atoms. The highest BCUT2D eigenvalue weighted by Crippen LogP contribution is 2.40. The molecule has 1 aromatic carbocycles. The fraction of sp³-hybridized carbons (Fsp3) is 0.300. The van der Waals surface area contributed by atoms with E-state index in [1.165, 1.54) is 4.90 Å². The van der Waals surface area contributed by atoms with Gasteiger partial charge in [0.15, 0.2) is 5.82 Å². The fourth-order valence-corrected chi connectivity index (χ4v) is 3.99. The number of nitro groups is 1. The highest BCUT2D eigenvalue weighted by atomic mass is 35.5. The molecule has 0 bridgehead atoms. The Morgan fingerprint density at radius 2 is 2.00 bits per heavy atom. The predicted molar refractivity (Wildman–Crippen MR) is 106 cm³/mol. The van der Waals surface area contributed by atoms with E-state index in [-0.39, 0.29) is 22.9 Å². The minimum Gasteiger partial charge on any atom is -0.497 e. The van der Waals surface area contributed by atoms with Crippen LogP contribution < -0.4 is 4.74 Å². The summed E-state index contributed by atoms with van der Waals surface area (Å²) in [5.41, 5.74) is 1.64. The predicted octanol–water partition coefficient (Wildman–Crippen LogP) is 3.02. The van der Waals surface area contributed by atoms with Crippen LogP contribution >= 0.6 is 11.6 Å². The van der Waals surface area contributed by atoms with Crippen molar-refractivity contribution in [1.82, 2.24) is 14.8 Å². The summed E-state index contributed by atoms with van der Waals surface area (Å²) in [6, 6.07) is 10.6. The first kappa shape index (κ1) is 19.2. The van der Waals surface area contributed by atoms with Crippen LogP contribution in [0.2, 0.25) is 5.15 Å². The van der Waals surface area contributed by atoms with Gasteiger partial charge in [0.05, 0.1) is 18.0 Å². The number of amides is 1. The maximum atomic E-state index is 12.8. The molecule has 1 aromatic heterocycles. The molecular formula is C20H19ClN4O4. The molecule has 1 saturated heterocycles. The van der Waals surface area contributed by atoms with Crippen molar-refractivity contribution >= 4 is 17.5 Å². The molecule has 0 spiro atoms. The van der Waals surface area contributed by atoms with Gasteiger partial charge in [0.2, 0.25) is 5.91 Å². The Labute approximate surface area is 172 Å². The van der Waals surface area contributed by atoms with Gasteiger partial charge in [-0.25, -0.2) is 4.98 Å². The lowest BCUT2D eigenvalue weighted by Crippen LogP contribution is -2.38. The number of rotatable bonds is 5. The van der Waals surface area contributed by atoms with Gasteiger partial charge in [0.1, 0.15) is 10.9 Å². The molecule has 150 valence electrons. The van der Waals surface area contributed by atoms with Crippen LogP contribution in [0.15, 0.2) is 54.1 Å². The van der Waals surface area contributed by atoms with Crippen LogP contribution in [0.1, 0.15) is 23.5 Å². The van der Waals surface area contributed by atoms with Crippen molar-refractivity contribution in [3.8, 4) is 5.75 Å². The maximum absolute atomic E-state index is 12.8. The number of methoxy groups -OCH3 is 1. The molecule has 4 rings (SSSR count). The lowest BCUT2D eigenvalue weighted by atomic mass is 9.89. The van der Waals surface area contributed by atoms with Gasteiger partial charge in [-0.3, -0.25) is 19.8 Å². The molecule has 1 fully saturated rings. The van der Waals surface area contributed by atoms with Gasteiger partial charge in [-0.05, 0) is 29.3 Å². The molecular weight excluding hydrogens is 396 g/mol. The highest BCUT2D eigenvalue weighted by molar-refractivity contribution is 6.29. The van der Waals surface area contributed by atoms with E-state index in [0.717, 1.165) is 11.1 Å². The summed E-state index contributed by atoms with van der Waals surface area (Å²) in [5, 5.41) is 12.5. The third kappa shape index (κ3) is 3.63. The summed E-state index contributed by atoms with van der Waals surface area (Å²) in [6.07, 6.45) is 1.71. The van der Waals surface area contributed by atoms with Gasteiger partial charge < -0.3 is 9.64 Å². The molecule has 1 unspecified atom stereocenters. The Morgan fingerprint density at radius 3 is 2.62 bits per heavy atom. The Hall–Kier alpha value is -3.13. The number of allylic oxidation sites excluding steroid dienone is 1. The number of aromatic nitrogens is 1. The Balaban J connectivity index is 1.74. The molecule has 1 amide bonds. The van der Waals surface area contributed by atoms with E-state index in [2.05, 4.69) is 4.98 Å². The number of ether oxygens (including phenoxy) is 1. The molecule has 2 aliphatic rings. The highest BCUT2D eigenvalue weighted by Gasteiger charge is 2.46. The largest absolute Gasteiger partial charge is 0.497 e. The van der Waals surface area contributed by atoms with E-state index in [1.807, 2.05) is 11.0 Å². The van der Waals surface area contributed by atoms with E-state index in [0.29, 0.717) is 36.4 Å². The summed E-state index contributed by atoms with van der Waals surface area (Å²) >= 11 is 5.85. The lowest BCUT2D eigenvalue weighted by Gasteiger charge is -2.30. The first-order valence-corrected chi connectivity index (χ1v) is 9.54. The normalized spacial score (nSPS) is 18.8. The van der Waals surface area contributed by atoms with Gasteiger partial charge >= 0.3 is 0 Å². The first-order chi connectivity index (χ1) is 14.0. The van der Waals surface area contributed by atoms with E-state index < -0.39 is 5.92 Å². The van der Waals surface area contributed by atoms with Crippen LogP contribution in [0.5, 0.6) is 5.75 Å². The summed E-state index contributed by atoms with van der Waals surface area (Å²) in [5.74, 6) is 0.314. The average molecular weight is 415 g/mol. The van der Waals surface area contributed by atoms with Crippen molar-refractivity contribution in [2.45, 2.75) is 18.9 Å². The number of halogens is 1. The summed E-state index contributed by atoms with van der Waals surface area (Å²) in [4.78, 5) is 32.0. The first-order valence-electron chi connectivity index (χ1n) is 9.16. The fourth-order valence-electron chi connectivity index (χ4n) is 3.88. The van der Waals surface area contributed by atoms with Crippen LogP contribution in [0.25, 0.3) is 0 Å². The average Bonchev–Trinajstić information content (AvgIpc) is 3.13. The Kier molecular flexibility index (Phi) is 5.10. The third-order valence-corrected chi connectivity index (χ3v) is 5.49. The van der Waals surface area contributed by atoms with Crippen molar-refractivity contribution in [2.75, 3.05) is 20.2 Å². The summed E-state index contributed by atoms with van der Waals surface area (Å²) in [6.45, 7) is 1.37. The third-order valence-electron chi connectivity index (χ3n) is 5.26. The standard InChI is InChI=1S/C20H19ClN4O4/c1-29-15-5-3-14(4-6-15)16-10-18(26)24-9-8-23(20(24)19(16)25(27)28)12-13-2-7-17(21)22-11-13/h2-7,11,16H,8-10,12H2,1H3. The summed E-state index contributed by atoms with van der Waals surface area (Å²) in [7, 11) is 1.56. The van der Waals surface area contributed by atoms with Gasteiger partial charge in [-0.1, -0.05) is 29.8 Å². The number of nitrogens with zero attached hydrogens (tertiary/aromatic N) is 4. The number of benzene rings is 1. The summed E-state index contributed by atoms with van der Waals surface area (Å²) < 4.78 is 5.17. The maximum Gasteiger partial charge on any atom is 0.294 e. The molecule has 2 aliphatic heterocycles. The van der Waals surface area contributed by atoms with Crippen LogP contribution in [0, 0.1) is 10.1 Å². The van der Waals surface area contributed by atoms with Crippen LogP contribution in [-0.4, -0.2) is 45.8 Å². The quantitative estimate of drug-likeness (QED) is 0.424. The second-order valence-corrected chi connectivity index (χ2v) is 7.34. The van der Waals surface area contributed by atoms with Gasteiger partial charge in [-0.15, -0.1) is 0 Å².